The van der Waals surface area contributed by atoms with Crippen LogP contribution in [0.15, 0.2) is 54.7 Å². The molecule has 2 bridgehead atoms. The number of pyridine rings is 1. The summed E-state index contributed by atoms with van der Waals surface area (Å²) in [6.07, 6.45) is 6.53. The van der Waals surface area contributed by atoms with Crippen LogP contribution in [0.3, 0.4) is 0 Å². The number of urea groups is 1. The average Bonchev–Trinajstić information content (AvgIpc) is 3.26. The Morgan fingerprint density at radius 3 is 2.57 bits per heavy atom. The van der Waals surface area contributed by atoms with Gasteiger partial charge in [-0.05, 0) is 50.3 Å². The maximum atomic E-state index is 12.5. The van der Waals surface area contributed by atoms with Crippen LogP contribution in [0, 0.1) is 6.92 Å². The third-order valence-electron chi connectivity index (χ3n) is 6.60. The van der Waals surface area contributed by atoms with Gasteiger partial charge in [0, 0.05) is 36.6 Å². The summed E-state index contributed by atoms with van der Waals surface area (Å²) in [4.78, 5) is 19.7. The molecule has 2 fully saturated rings. The van der Waals surface area contributed by atoms with Crippen molar-refractivity contribution >= 4 is 11.7 Å². The quantitative estimate of drug-likeness (QED) is 0.684. The molecule has 2 saturated heterocycles. The van der Waals surface area contributed by atoms with Crippen molar-refractivity contribution in [3.8, 4) is 0 Å². The Labute approximate surface area is 177 Å². The number of carbonyl (C=O) groups excluding carboxylic acids is 1. The molecule has 156 valence electrons. The second-order valence-corrected chi connectivity index (χ2v) is 8.67. The fourth-order valence-electron chi connectivity index (χ4n) is 5.14. The van der Waals surface area contributed by atoms with E-state index in [1.807, 2.05) is 18.3 Å². The Morgan fingerprint density at radius 2 is 1.83 bits per heavy atom. The normalized spacial score (nSPS) is 23.6. The van der Waals surface area contributed by atoms with Crippen LogP contribution < -0.4 is 10.6 Å². The zero-order valence-electron chi connectivity index (χ0n) is 17.4. The predicted octanol–water partition coefficient (Wildman–Crippen LogP) is 3.64. The van der Waals surface area contributed by atoms with Crippen molar-refractivity contribution in [1.29, 1.82) is 0 Å². The molecule has 0 radical (unpaired) electrons. The van der Waals surface area contributed by atoms with Crippen LogP contribution in [0.25, 0.3) is 5.65 Å². The molecule has 0 spiro atoms. The van der Waals surface area contributed by atoms with Gasteiger partial charge >= 0.3 is 6.03 Å². The third kappa shape index (κ3) is 3.92. The Kier molecular flexibility index (Phi) is 5.17. The zero-order chi connectivity index (χ0) is 20.5. The van der Waals surface area contributed by atoms with Crippen molar-refractivity contribution in [2.24, 2.45) is 0 Å². The molecular formula is C24H29N5O. The van der Waals surface area contributed by atoms with Crippen LogP contribution in [0.2, 0.25) is 0 Å². The zero-order valence-corrected chi connectivity index (χ0v) is 17.4. The van der Waals surface area contributed by atoms with E-state index in [9.17, 15) is 4.79 Å². The number of benzene rings is 1. The molecule has 30 heavy (non-hydrogen) atoms. The number of hydrogen-bond donors (Lipinski definition) is 2. The molecule has 2 N–H and O–H groups in total. The molecule has 6 nitrogen and oxygen atoms in total. The number of imidazole rings is 1. The highest BCUT2D eigenvalue weighted by atomic mass is 16.2. The second kappa shape index (κ2) is 8.11. The number of hydrogen-bond acceptors (Lipinski definition) is 3. The number of aryl methyl sites for hydroxylation is 1. The number of nitrogens with zero attached hydrogens (tertiary/aromatic N) is 3. The van der Waals surface area contributed by atoms with Gasteiger partial charge in [0.15, 0.2) is 0 Å². The minimum absolute atomic E-state index is 0.0929. The standard InChI is InChI=1S/C24H29N5O/c1-17-6-5-9-23-26-20(16-28(17)23)14-25-24(30)27-19-12-21-10-11-22(13-19)29(21)15-18-7-3-2-4-8-18/h2-9,16,19,21-22H,10-15H2,1H3,(H2,25,27,30). The summed E-state index contributed by atoms with van der Waals surface area (Å²) in [5.74, 6) is 0. The molecule has 2 amide bonds. The molecule has 2 aromatic heterocycles. The lowest BCUT2D eigenvalue weighted by Crippen LogP contribution is -2.51. The van der Waals surface area contributed by atoms with Gasteiger partial charge in [0.05, 0.1) is 12.2 Å². The first-order valence-corrected chi connectivity index (χ1v) is 10.9. The van der Waals surface area contributed by atoms with Crippen LogP contribution in [-0.4, -0.2) is 38.4 Å². The number of rotatable bonds is 5. The first-order chi connectivity index (χ1) is 14.7. The molecule has 2 unspecified atom stereocenters. The van der Waals surface area contributed by atoms with E-state index in [4.69, 9.17) is 0 Å². The molecule has 5 rings (SSSR count). The SMILES string of the molecule is Cc1cccc2nc(CNC(=O)NC3CC4CCC(C3)N4Cc3ccccc3)cn12. The summed E-state index contributed by atoms with van der Waals surface area (Å²) in [6.45, 7) is 3.51. The van der Waals surface area contributed by atoms with Crippen LogP contribution in [0.1, 0.15) is 42.6 Å². The number of aromatic nitrogens is 2. The number of nitrogens with one attached hydrogen (secondary N) is 2. The second-order valence-electron chi connectivity index (χ2n) is 8.67. The van der Waals surface area contributed by atoms with Crippen molar-refractivity contribution in [2.45, 2.75) is 63.8 Å². The van der Waals surface area contributed by atoms with Gasteiger partial charge in [-0.2, -0.15) is 0 Å². The van der Waals surface area contributed by atoms with Crippen LogP contribution in [0.5, 0.6) is 0 Å². The number of fused-ring (bicyclic) bond motifs is 3. The van der Waals surface area contributed by atoms with E-state index in [0.717, 1.165) is 36.4 Å². The fourth-order valence-corrected chi connectivity index (χ4v) is 5.14. The summed E-state index contributed by atoms with van der Waals surface area (Å²) in [6, 6.07) is 18.0. The third-order valence-corrected chi connectivity index (χ3v) is 6.60. The van der Waals surface area contributed by atoms with Crippen molar-refractivity contribution in [3.63, 3.8) is 0 Å². The van der Waals surface area contributed by atoms with E-state index in [0.29, 0.717) is 18.6 Å². The lowest BCUT2D eigenvalue weighted by molar-refractivity contribution is 0.111. The van der Waals surface area contributed by atoms with Crippen molar-refractivity contribution in [3.05, 3.63) is 71.7 Å². The number of carbonyl (C=O) groups is 1. The Morgan fingerprint density at radius 1 is 1.07 bits per heavy atom. The van der Waals surface area contributed by atoms with Gasteiger partial charge in [0.2, 0.25) is 0 Å². The summed E-state index contributed by atoms with van der Waals surface area (Å²) < 4.78 is 2.05. The molecule has 2 aliphatic rings. The molecule has 0 aliphatic carbocycles. The fraction of sp³-hybridized carbons (Fsp3) is 0.417. The molecular weight excluding hydrogens is 374 g/mol. The Bertz CT molecular complexity index is 1020. The highest BCUT2D eigenvalue weighted by Gasteiger charge is 2.40. The van der Waals surface area contributed by atoms with E-state index in [1.54, 1.807) is 0 Å². The minimum atomic E-state index is -0.0929. The lowest BCUT2D eigenvalue weighted by atomic mass is 9.96. The maximum Gasteiger partial charge on any atom is 0.315 e. The highest BCUT2D eigenvalue weighted by molar-refractivity contribution is 5.74. The van der Waals surface area contributed by atoms with Crippen molar-refractivity contribution < 1.29 is 4.79 Å². The predicted molar refractivity (Wildman–Crippen MR) is 117 cm³/mol. The first kappa shape index (κ1) is 19.1. The highest BCUT2D eigenvalue weighted by Crippen LogP contribution is 2.36. The maximum absolute atomic E-state index is 12.5. The monoisotopic (exact) mass is 403 g/mol. The molecule has 0 saturated carbocycles. The van der Waals surface area contributed by atoms with Crippen molar-refractivity contribution in [2.75, 3.05) is 0 Å². The number of piperidine rings is 1. The van der Waals surface area contributed by atoms with Gasteiger partial charge in [0.1, 0.15) is 5.65 Å². The average molecular weight is 404 g/mol. The molecule has 2 atom stereocenters. The summed E-state index contributed by atoms with van der Waals surface area (Å²) in [5.41, 5.74) is 4.29. The van der Waals surface area contributed by atoms with Gasteiger partial charge in [0.25, 0.3) is 0 Å². The minimum Gasteiger partial charge on any atom is -0.335 e. The van der Waals surface area contributed by atoms with Crippen molar-refractivity contribution in [1.82, 2.24) is 24.9 Å². The summed E-state index contributed by atoms with van der Waals surface area (Å²) >= 11 is 0. The molecule has 1 aromatic carbocycles. The summed E-state index contributed by atoms with van der Waals surface area (Å²) in [7, 11) is 0. The van der Waals surface area contributed by atoms with E-state index >= 15 is 0 Å². The van der Waals surface area contributed by atoms with E-state index in [-0.39, 0.29) is 12.1 Å². The lowest BCUT2D eigenvalue weighted by Gasteiger charge is -2.39. The topological polar surface area (TPSA) is 61.7 Å². The van der Waals surface area contributed by atoms with Gasteiger partial charge in [-0.3, -0.25) is 4.90 Å². The van der Waals surface area contributed by atoms with Crippen LogP contribution in [-0.2, 0) is 13.1 Å². The van der Waals surface area contributed by atoms with E-state index in [2.05, 4.69) is 68.2 Å². The molecule has 3 aromatic rings. The van der Waals surface area contributed by atoms with Gasteiger partial charge in [-0.25, -0.2) is 9.78 Å². The molecule has 4 heterocycles. The summed E-state index contributed by atoms with van der Waals surface area (Å²) in [5, 5.41) is 6.20. The van der Waals surface area contributed by atoms with Gasteiger partial charge in [-0.15, -0.1) is 0 Å². The first-order valence-electron chi connectivity index (χ1n) is 10.9. The van der Waals surface area contributed by atoms with Gasteiger partial charge < -0.3 is 15.0 Å². The smallest absolute Gasteiger partial charge is 0.315 e. The van der Waals surface area contributed by atoms with E-state index in [1.165, 1.54) is 18.4 Å². The Balaban J connectivity index is 1.14. The van der Waals surface area contributed by atoms with E-state index < -0.39 is 0 Å². The molecule has 6 heteroatoms. The van der Waals surface area contributed by atoms with Crippen LogP contribution in [0.4, 0.5) is 4.79 Å². The number of amides is 2. The van der Waals surface area contributed by atoms with Crippen LogP contribution >= 0.6 is 0 Å². The molecule has 2 aliphatic heterocycles. The Hall–Kier alpha value is -2.86. The van der Waals surface area contributed by atoms with Gasteiger partial charge in [-0.1, -0.05) is 36.4 Å². The largest absolute Gasteiger partial charge is 0.335 e.